The first kappa shape index (κ1) is 22.6. The van der Waals surface area contributed by atoms with E-state index in [0.29, 0.717) is 0 Å². The summed E-state index contributed by atoms with van der Waals surface area (Å²) in [5.74, 6) is 0. The molecule has 0 aliphatic carbocycles. The maximum atomic E-state index is 4.77. The fraction of sp³-hybridized carbons (Fsp3) is 0. The Kier molecular flexibility index (Phi) is 5.56. The molecule has 0 unspecified atom stereocenters. The molecular weight excluding hydrogens is 532 g/mol. The monoisotopic (exact) mass is 552 g/mol. The molecule has 0 saturated heterocycles. The summed E-state index contributed by atoms with van der Waals surface area (Å²) in [6.45, 7) is 0. The van der Waals surface area contributed by atoms with Crippen molar-refractivity contribution in [3.8, 4) is 39.3 Å². The van der Waals surface area contributed by atoms with Crippen molar-refractivity contribution >= 4 is 37.9 Å². The van der Waals surface area contributed by atoms with Crippen LogP contribution in [0.4, 0.5) is 0 Å². The molecular formula is C33H21BrN4. The quantitative estimate of drug-likeness (QED) is 0.219. The van der Waals surface area contributed by atoms with Crippen molar-refractivity contribution < 1.29 is 0 Å². The molecule has 7 rings (SSSR count). The van der Waals surface area contributed by atoms with Gasteiger partial charge in [-0.05, 0) is 90.0 Å². The minimum Gasteiger partial charge on any atom is -0.294 e. The van der Waals surface area contributed by atoms with Crippen molar-refractivity contribution in [1.82, 2.24) is 19.5 Å². The summed E-state index contributed by atoms with van der Waals surface area (Å²) in [5.41, 5.74) is 9.29. The van der Waals surface area contributed by atoms with E-state index in [4.69, 9.17) is 4.98 Å². The van der Waals surface area contributed by atoms with Crippen LogP contribution in [-0.4, -0.2) is 19.5 Å². The number of fused-ring (bicyclic) bond motifs is 3. The molecule has 0 bridgehead atoms. The molecule has 0 saturated carbocycles. The van der Waals surface area contributed by atoms with Crippen LogP contribution in [0, 0.1) is 0 Å². The van der Waals surface area contributed by atoms with Crippen LogP contribution in [0.2, 0.25) is 0 Å². The Morgan fingerprint density at radius 2 is 1.21 bits per heavy atom. The predicted octanol–water partition coefficient (Wildman–Crippen LogP) is 8.73. The van der Waals surface area contributed by atoms with Crippen LogP contribution in [0.25, 0.3) is 61.3 Å². The van der Waals surface area contributed by atoms with Gasteiger partial charge in [0.25, 0.3) is 0 Å². The Morgan fingerprint density at radius 1 is 0.500 bits per heavy atom. The SMILES string of the molecule is Brc1ccc2c3cccnc3n(-c3cccc(-c4cc(-c5ccccn5)cc(-c5ccccn5)c4)c3)c2c1. The molecule has 0 fully saturated rings. The molecule has 180 valence electrons. The van der Waals surface area contributed by atoms with E-state index >= 15 is 0 Å². The van der Waals surface area contributed by atoms with Gasteiger partial charge in [-0.2, -0.15) is 0 Å². The molecule has 7 aromatic rings. The molecule has 4 nitrogen and oxygen atoms in total. The van der Waals surface area contributed by atoms with Gasteiger partial charge in [-0.25, -0.2) is 4.98 Å². The fourth-order valence-corrected chi connectivity index (χ4v) is 5.41. The predicted molar refractivity (Wildman–Crippen MR) is 158 cm³/mol. The largest absolute Gasteiger partial charge is 0.294 e. The zero-order valence-corrected chi connectivity index (χ0v) is 21.9. The minimum atomic E-state index is 0.930. The van der Waals surface area contributed by atoms with Crippen LogP contribution in [0.15, 0.2) is 132 Å². The summed E-state index contributed by atoms with van der Waals surface area (Å²) >= 11 is 3.66. The maximum Gasteiger partial charge on any atom is 0.145 e. The third kappa shape index (κ3) is 3.98. The number of hydrogen-bond donors (Lipinski definition) is 0. The van der Waals surface area contributed by atoms with E-state index in [0.717, 1.165) is 60.4 Å². The highest BCUT2D eigenvalue weighted by molar-refractivity contribution is 9.10. The standard InChI is InChI=1S/C33H21BrN4/c34-26-12-13-28-29-9-6-16-37-33(29)38(32(28)21-26)27-8-5-7-22(20-27)23-17-24(30-10-1-3-14-35-30)19-25(18-23)31-11-2-4-15-36-31/h1-21H. The Bertz CT molecular complexity index is 1870. The highest BCUT2D eigenvalue weighted by atomic mass is 79.9. The molecule has 0 spiro atoms. The van der Waals surface area contributed by atoms with E-state index in [9.17, 15) is 0 Å². The summed E-state index contributed by atoms with van der Waals surface area (Å²) in [6.07, 6.45) is 5.51. The van der Waals surface area contributed by atoms with Crippen molar-refractivity contribution in [2.45, 2.75) is 0 Å². The zero-order valence-electron chi connectivity index (χ0n) is 20.3. The number of rotatable bonds is 4. The van der Waals surface area contributed by atoms with Crippen LogP contribution < -0.4 is 0 Å². The van der Waals surface area contributed by atoms with E-state index in [1.807, 2.05) is 61.1 Å². The normalized spacial score (nSPS) is 11.3. The lowest BCUT2D eigenvalue weighted by Gasteiger charge is -2.13. The number of benzene rings is 3. The summed E-state index contributed by atoms with van der Waals surface area (Å²) in [4.78, 5) is 14.0. The smallest absolute Gasteiger partial charge is 0.145 e. The van der Waals surface area contributed by atoms with Gasteiger partial charge in [0.1, 0.15) is 5.65 Å². The Labute approximate surface area is 228 Å². The van der Waals surface area contributed by atoms with Gasteiger partial charge in [-0.3, -0.25) is 14.5 Å². The van der Waals surface area contributed by atoms with Crippen molar-refractivity contribution in [3.05, 3.63) is 132 Å². The highest BCUT2D eigenvalue weighted by Crippen LogP contribution is 2.35. The van der Waals surface area contributed by atoms with Gasteiger partial charge in [-0.15, -0.1) is 0 Å². The maximum absolute atomic E-state index is 4.77. The van der Waals surface area contributed by atoms with Gasteiger partial charge >= 0.3 is 0 Å². The average Bonchev–Trinajstić information content (AvgIpc) is 3.31. The first-order chi connectivity index (χ1) is 18.7. The Morgan fingerprint density at radius 3 is 1.92 bits per heavy atom. The lowest BCUT2D eigenvalue weighted by Crippen LogP contribution is -1.96. The lowest BCUT2D eigenvalue weighted by atomic mass is 9.96. The molecule has 0 radical (unpaired) electrons. The van der Waals surface area contributed by atoms with Gasteiger partial charge < -0.3 is 0 Å². The summed E-state index contributed by atoms with van der Waals surface area (Å²) in [7, 11) is 0. The van der Waals surface area contributed by atoms with Crippen LogP contribution in [0.1, 0.15) is 0 Å². The number of aromatic nitrogens is 4. The number of nitrogens with zero attached hydrogens (tertiary/aromatic N) is 4. The average molecular weight is 553 g/mol. The topological polar surface area (TPSA) is 43.6 Å². The minimum absolute atomic E-state index is 0.930. The van der Waals surface area contributed by atoms with Crippen molar-refractivity contribution in [1.29, 1.82) is 0 Å². The summed E-state index contributed by atoms with van der Waals surface area (Å²) in [5, 5.41) is 2.31. The van der Waals surface area contributed by atoms with E-state index < -0.39 is 0 Å². The molecule has 0 aliphatic heterocycles. The lowest BCUT2D eigenvalue weighted by molar-refractivity contribution is 1.14. The Balaban J connectivity index is 1.44. The van der Waals surface area contributed by atoms with Crippen LogP contribution in [0.3, 0.4) is 0 Å². The van der Waals surface area contributed by atoms with E-state index in [1.54, 1.807) is 0 Å². The number of hydrogen-bond acceptors (Lipinski definition) is 3. The third-order valence-electron chi connectivity index (χ3n) is 6.78. The zero-order chi connectivity index (χ0) is 25.5. The van der Waals surface area contributed by atoms with E-state index in [1.165, 1.54) is 5.39 Å². The molecule has 4 aromatic heterocycles. The van der Waals surface area contributed by atoms with Gasteiger partial charge in [0, 0.05) is 50.6 Å². The second-order valence-electron chi connectivity index (χ2n) is 9.15. The van der Waals surface area contributed by atoms with Crippen molar-refractivity contribution in [2.24, 2.45) is 0 Å². The second-order valence-corrected chi connectivity index (χ2v) is 10.1. The molecule has 38 heavy (non-hydrogen) atoms. The van der Waals surface area contributed by atoms with Gasteiger partial charge in [0.2, 0.25) is 0 Å². The van der Waals surface area contributed by atoms with Gasteiger partial charge in [0.15, 0.2) is 0 Å². The van der Waals surface area contributed by atoms with Gasteiger partial charge in [-0.1, -0.05) is 46.3 Å². The fourth-order valence-electron chi connectivity index (χ4n) is 5.06. The molecule has 0 N–H and O–H groups in total. The van der Waals surface area contributed by atoms with Crippen LogP contribution >= 0.6 is 15.9 Å². The van der Waals surface area contributed by atoms with E-state index in [2.05, 4.69) is 97.2 Å². The number of pyridine rings is 3. The molecule has 4 heterocycles. The van der Waals surface area contributed by atoms with Crippen LogP contribution in [0.5, 0.6) is 0 Å². The first-order valence-electron chi connectivity index (χ1n) is 12.4. The van der Waals surface area contributed by atoms with Gasteiger partial charge in [0.05, 0.1) is 16.9 Å². The second kappa shape index (κ2) is 9.36. The molecule has 0 aliphatic rings. The number of halogens is 1. The highest BCUT2D eigenvalue weighted by Gasteiger charge is 2.15. The van der Waals surface area contributed by atoms with Crippen LogP contribution in [-0.2, 0) is 0 Å². The summed E-state index contributed by atoms with van der Waals surface area (Å²) in [6, 6.07) is 37.7. The Hall–Kier alpha value is -4.61. The molecule has 0 amide bonds. The summed E-state index contributed by atoms with van der Waals surface area (Å²) < 4.78 is 3.27. The van der Waals surface area contributed by atoms with Crippen molar-refractivity contribution in [2.75, 3.05) is 0 Å². The third-order valence-corrected chi connectivity index (χ3v) is 7.27. The molecule has 5 heteroatoms. The van der Waals surface area contributed by atoms with E-state index in [-0.39, 0.29) is 0 Å². The van der Waals surface area contributed by atoms with Crippen molar-refractivity contribution in [3.63, 3.8) is 0 Å². The first-order valence-corrected chi connectivity index (χ1v) is 13.2. The molecule has 0 atom stereocenters. The molecule has 3 aromatic carbocycles.